The van der Waals surface area contributed by atoms with E-state index in [1.54, 1.807) is 17.8 Å². The first kappa shape index (κ1) is 17.1. The molecule has 8 nitrogen and oxygen atoms in total. The number of benzene rings is 1. The fraction of sp³-hybridized carbons (Fsp3) is 0.316. The van der Waals surface area contributed by atoms with Gasteiger partial charge in [-0.15, -0.1) is 5.10 Å². The Balaban J connectivity index is 1.76. The van der Waals surface area contributed by atoms with Crippen molar-refractivity contribution in [2.45, 2.75) is 38.8 Å². The molecule has 1 amide bonds. The molecule has 3 aromatic rings. The summed E-state index contributed by atoms with van der Waals surface area (Å²) >= 11 is 0. The molecular formula is C19H19N5O3. The van der Waals surface area contributed by atoms with E-state index >= 15 is 0 Å². The van der Waals surface area contributed by atoms with Gasteiger partial charge < -0.3 is 10.0 Å². The Labute approximate surface area is 155 Å². The molecule has 138 valence electrons. The van der Waals surface area contributed by atoms with E-state index < -0.39 is 17.9 Å². The number of pyridine rings is 1. The van der Waals surface area contributed by atoms with Crippen molar-refractivity contribution in [3.63, 3.8) is 0 Å². The third kappa shape index (κ3) is 2.92. The van der Waals surface area contributed by atoms with Gasteiger partial charge in [0.2, 0.25) is 0 Å². The van der Waals surface area contributed by atoms with E-state index in [2.05, 4.69) is 15.3 Å². The zero-order chi connectivity index (χ0) is 19.1. The highest BCUT2D eigenvalue weighted by atomic mass is 16.4. The second-order valence-electron chi connectivity index (χ2n) is 6.74. The topological polar surface area (TPSA) is 101 Å². The maximum atomic E-state index is 13.0. The molecule has 1 aliphatic carbocycles. The molecular weight excluding hydrogens is 346 g/mol. The summed E-state index contributed by atoms with van der Waals surface area (Å²) in [6.07, 6.45) is 3.34. The number of carboxylic acid groups (broad SMARTS) is 1. The summed E-state index contributed by atoms with van der Waals surface area (Å²) in [5.74, 6) is -1.42. The second kappa shape index (κ2) is 6.46. The summed E-state index contributed by atoms with van der Waals surface area (Å²) in [5.41, 5.74) is 2.33. The highest BCUT2D eigenvalue weighted by Crippen LogP contribution is 2.31. The van der Waals surface area contributed by atoms with Gasteiger partial charge in [0.25, 0.3) is 5.91 Å². The summed E-state index contributed by atoms with van der Waals surface area (Å²) in [6, 6.07) is 8.48. The molecule has 0 saturated heterocycles. The molecule has 1 atom stereocenters. The van der Waals surface area contributed by atoms with Crippen LogP contribution in [-0.2, 0) is 4.79 Å². The maximum absolute atomic E-state index is 13.0. The number of hydrogen-bond donors (Lipinski definition) is 1. The van der Waals surface area contributed by atoms with Crippen molar-refractivity contribution < 1.29 is 14.7 Å². The molecule has 0 spiro atoms. The zero-order valence-corrected chi connectivity index (χ0v) is 15.0. The van der Waals surface area contributed by atoms with E-state index in [1.807, 2.05) is 30.3 Å². The number of nitrogens with zero attached hydrogens (tertiary/aromatic N) is 5. The van der Waals surface area contributed by atoms with Crippen molar-refractivity contribution in [1.82, 2.24) is 24.9 Å². The van der Waals surface area contributed by atoms with Gasteiger partial charge in [0.1, 0.15) is 6.04 Å². The quantitative estimate of drug-likeness (QED) is 0.744. The van der Waals surface area contributed by atoms with Crippen molar-refractivity contribution in [3.05, 3.63) is 47.9 Å². The first-order valence-electron chi connectivity index (χ1n) is 8.81. The summed E-state index contributed by atoms with van der Waals surface area (Å²) in [4.78, 5) is 30.2. The third-order valence-electron chi connectivity index (χ3n) is 4.90. The predicted octanol–water partition coefficient (Wildman–Crippen LogP) is 2.20. The fourth-order valence-corrected chi connectivity index (χ4v) is 3.28. The van der Waals surface area contributed by atoms with Gasteiger partial charge in [-0.25, -0.2) is 9.48 Å². The number of aromatic nitrogens is 4. The highest BCUT2D eigenvalue weighted by Gasteiger charge is 2.40. The third-order valence-corrected chi connectivity index (χ3v) is 4.90. The van der Waals surface area contributed by atoms with Crippen LogP contribution in [0.4, 0.5) is 0 Å². The highest BCUT2D eigenvalue weighted by molar-refractivity contribution is 5.96. The Morgan fingerprint density at radius 3 is 2.74 bits per heavy atom. The molecule has 0 bridgehead atoms. The smallest absolute Gasteiger partial charge is 0.326 e. The SMILES string of the molecule is Cc1c(C(=O)N(C2CC2)C(C)C(=O)O)nnn1-c1cccc2ncccc12. The average molecular weight is 365 g/mol. The van der Waals surface area contributed by atoms with Crippen LogP contribution >= 0.6 is 0 Å². The van der Waals surface area contributed by atoms with Crippen molar-refractivity contribution in [2.24, 2.45) is 0 Å². The molecule has 1 fully saturated rings. The summed E-state index contributed by atoms with van der Waals surface area (Å²) < 4.78 is 1.60. The van der Waals surface area contributed by atoms with Gasteiger partial charge in [0.05, 0.1) is 16.9 Å². The predicted molar refractivity (Wildman–Crippen MR) is 97.7 cm³/mol. The van der Waals surface area contributed by atoms with Crippen LogP contribution in [0.1, 0.15) is 35.9 Å². The van der Waals surface area contributed by atoms with Crippen molar-refractivity contribution in [2.75, 3.05) is 0 Å². The van der Waals surface area contributed by atoms with Crippen molar-refractivity contribution >= 4 is 22.8 Å². The minimum absolute atomic E-state index is 0.0464. The Morgan fingerprint density at radius 2 is 2.04 bits per heavy atom. The number of aliphatic carboxylic acids is 1. The van der Waals surface area contributed by atoms with Crippen LogP contribution in [0.2, 0.25) is 0 Å². The van der Waals surface area contributed by atoms with Crippen LogP contribution in [0.15, 0.2) is 36.5 Å². The molecule has 8 heteroatoms. The molecule has 0 aliphatic heterocycles. The number of fused-ring (bicyclic) bond motifs is 1. The van der Waals surface area contributed by atoms with Crippen molar-refractivity contribution in [1.29, 1.82) is 0 Å². The molecule has 2 aromatic heterocycles. The van der Waals surface area contributed by atoms with E-state index in [0.29, 0.717) is 5.69 Å². The molecule has 1 N–H and O–H groups in total. The van der Waals surface area contributed by atoms with E-state index in [-0.39, 0.29) is 11.7 Å². The lowest BCUT2D eigenvalue weighted by molar-refractivity contribution is -0.141. The van der Waals surface area contributed by atoms with E-state index in [4.69, 9.17) is 0 Å². The lowest BCUT2D eigenvalue weighted by Gasteiger charge is -2.25. The standard InChI is InChI=1S/C19H19N5O3/c1-11-17(18(25)23(13-8-9-13)12(2)19(26)27)21-22-24(11)16-7-3-6-15-14(16)5-4-10-20-15/h3-7,10,12-13H,8-9H2,1-2H3,(H,26,27). The van der Waals surface area contributed by atoms with Crippen LogP contribution in [0.3, 0.4) is 0 Å². The summed E-state index contributed by atoms with van der Waals surface area (Å²) in [7, 11) is 0. The van der Waals surface area contributed by atoms with Gasteiger partial charge in [-0.1, -0.05) is 11.3 Å². The lowest BCUT2D eigenvalue weighted by atomic mass is 10.1. The number of carboxylic acids is 1. The van der Waals surface area contributed by atoms with Crippen LogP contribution in [0, 0.1) is 6.92 Å². The Morgan fingerprint density at radius 1 is 1.26 bits per heavy atom. The maximum Gasteiger partial charge on any atom is 0.326 e. The van der Waals surface area contributed by atoms with Crippen LogP contribution in [0.25, 0.3) is 16.6 Å². The Bertz CT molecular complexity index is 1040. The average Bonchev–Trinajstić information content (AvgIpc) is 3.42. The fourth-order valence-electron chi connectivity index (χ4n) is 3.28. The van der Waals surface area contributed by atoms with Gasteiger partial charge in [0.15, 0.2) is 5.69 Å². The number of amides is 1. The van der Waals surface area contributed by atoms with Gasteiger partial charge in [-0.2, -0.15) is 0 Å². The number of carbonyl (C=O) groups is 2. The summed E-state index contributed by atoms with van der Waals surface area (Å²) in [5, 5.41) is 18.5. The molecule has 0 radical (unpaired) electrons. The number of hydrogen-bond acceptors (Lipinski definition) is 5. The van der Waals surface area contributed by atoms with E-state index in [0.717, 1.165) is 29.4 Å². The molecule has 2 heterocycles. The van der Waals surface area contributed by atoms with Gasteiger partial charge in [-0.05, 0) is 51.0 Å². The van der Waals surface area contributed by atoms with Gasteiger partial charge in [-0.3, -0.25) is 9.78 Å². The van der Waals surface area contributed by atoms with Gasteiger partial charge >= 0.3 is 5.97 Å². The van der Waals surface area contributed by atoms with Crippen LogP contribution < -0.4 is 0 Å². The number of carbonyl (C=O) groups excluding carboxylic acids is 1. The monoisotopic (exact) mass is 365 g/mol. The largest absolute Gasteiger partial charge is 0.480 e. The first-order valence-corrected chi connectivity index (χ1v) is 8.81. The van der Waals surface area contributed by atoms with E-state index in [9.17, 15) is 14.7 Å². The molecule has 1 unspecified atom stereocenters. The first-order chi connectivity index (χ1) is 13.0. The normalized spacial score (nSPS) is 14.9. The van der Waals surface area contributed by atoms with Crippen LogP contribution in [0.5, 0.6) is 0 Å². The van der Waals surface area contributed by atoms with Crippen LogP contribution in [-0.4, -0.2) is 53.9 Å². The lowest BCUT2D eigenvalue weighted by Crippen LogP contribution is -2.45. The molecule has 1 aromatic carbocycles. The minimum atomic E-state index is -1.03. The van der Waals surface area contributed by atoms with E-state index in [1.165, 1.54) is 11.8 Å². The molecule has 1 aliphatic rings. The molecule has 4 rings (SSSR count). The second-order valence-corrected chi connectivity index (χ2v) is 6.74. The Kier molecular flexibility index (Phi) is 4.10. The molecule has 1 saturated carbocycles. The molecule has 27 heavy (non-hydrogen) atoms. The Hall–Kier alpha value is -3.29. The minimum Gasteiger partial charge on any atom is -0.480 e. The zero-order valence-electron chi connectivity index (χ0n) is 15.0. The number of rotatable bonds is 5. The van der Waals surface area contributed by atoms with Gasteiger partial charge in [0, 0.05) is 17.6 Å². The van der Waals surface area contributed by atoms with Crippen molar-refractivity contribution in [3.8, 4) is 5.69 Å². The summed E-state index contributed by atoms with van der Waals surface area (Å²) in [6.45, 7) is 3.29.